The van der Waals surface area contributed by atoms with Crippen LogP contribution in [0.25, 0.3) is 0 Å². The van der Waals surface area contributed by atoms with E-state index in [1.165, 1.54) is 5.57 Å². The van der Waals surface area contributed by atoms with Crippen LogP contribution in [-0.2, 0) is 0 Å². The molecule has 0 unspecified atom stereocenters. The molecule has 1 aromatic heterocycles. The SMILES string of the molecule is CC1=CCCN(NC(=O)c2cccnc2)C1. The largest absolute Gasteiger partial charge is 0.284 e. The van der Waals surface area contributed by atoms with Crippen LogP contribution in [0.1, 0.15) is 23.7 Å². The molecule has 1 N–H and O–H groups in total. The Hall–Kier alpha value is -1.68. The highest BCUT2D eigenvalue weighted by atomic mass is 16.2. The molecular formula is C12H15N3O. The first-order chi connectivity index (χ1) is 7.75. The molecule has 0 spiro atoms. The molecule has 0 bridgehead atoms. The van der Waals surface area contributed by atoms with Gasteiger partial charge in [0, 0.05) is 25.5 Å². The van der Waals surface area contributed by atoms with Crippen LogP contribution in [-0.4, -0.2) is 29.0 Å². The maximum absolute atomic E-state index is 11.8. The van der Waals surface area contributed by atoms with Gasteiger partial charge < -0.3 is 0 Å². The molecule has 0 atom stereocenters. The molecule has 0 aliphatic carbocycles. The molecule has 0 saturated carbocycles. The Kier molecular flexibility index (Phi) is 3.31. The maximum atomic E-state index is 11.8. The van der Waals surface area contributed by atoms with Gasteiger partial charge in [0.2, 0.25) is 0 Å². The number of hydrogen-bond donors (Lipinski definition) is 1. The van der Waals surface area contributed by atoms with Crippen molar-refractivity contribution in [2.24, 2.45) is 0 Å². The fourth-order valence-corrected chi connectivity index (χ4v) is 1.71. The van der Waals surface area contributed by atoms with Crippen molar-refractivity contribution in [3.8, 4) is 0 Å². The van der Waals surface area contributed by atoms with E-state index in [9.17, 15) is 4.79 Å². The maximum Gasteiger partial charge on any atom is 0.267 e. The van der Waals surface area contributed by atoms with Crippen LogP contribution in [0.4, 0.5) is 0 Å². The quantitative estimate of drug-likeness (QED) is 0.761. The summed E-state index contributed by atoms with van der Waals surface area (Å²) >= 11 is 0. The zero-order valence-electron chi connectivity index (χ0n) is 9.31. The third kappa shape index (κ3) is 2.67. The van der Waals surface area contributed by atoms with Crippen molar-refractivity contribution < 1.29 is 4.79 Å². The van der Waals surface area contributed by atoms with Crippen molar-refractivity contribution in [1.29, 1.82) is 0 Å². The van der Waals surface area contributed by atoms with Crippen LogP contribution in [0, 0.1) is 0 Å². The summed E-state index contributed by atoms with van der Waals surface area (Å²) in [5.74, 6) is -0.0946. The molecule has 84 valence electrons. The molecule has 1 aliphatic heterocycles. The molecule has 2 heterocycles. The summed E-state index contributed by atoms with van der Waals surface area (Å²) in [5, 5.41) is 1.94. The summed E-state index contributed by atoms with van der Waals surface area (Å²) in [6, 6.07) is 3.52. The number of nitrogens with one attached hydrogen (secondary N) is 1. The van der Waals surface area contributed by atoms with Crippen molar-refractivity contribution in [2.45, 2.75) is 13.3 Å². The molecule has 0 saturated heterocycles. The van der Waals surface area contributed by atoms with E-state index in [2.05, 4.69) is 23.4 Å². The first-order valence-electron chi connectivity index (χ1n) is 5.37. The molecule has 1 amide bonds. The summed E-state index contributed by atoms with van der Waals surface area (Å²) in [7, 11) is 0. The zero-order chi connectivity index (χ0) is 11.4. The van der Waals surface area contributed by atoms with Gasteiger partial charge in [-0.05, 0) is 25.5 Å². The van der Waals surface area contributed by atoms with Crippen molar-refractivity contribution in [3.05, 3.63) is 41.7 Å². The monoisotopic (exact) mass is 217 g/mol. The summed E-state index contributed by atoms with van der Waals surface area (Å²) < 4.78 is 0. The Bertz CT molecular complexity index is 400. The third-order valence-corrected chi connectivity index (χ3v) is 2.52. The second-order valence-corrected chi connectivity index (χ2v) is 3.94. The van der Waals surface area contributed by atoms with Crippen molar-refractivity contribution in [1.82, 2.24) is 15.4 Å². The molecule has 4 nitrogen and oxygen atoms in total. The highest BCUT2D eigenvalue weighted by Gasteiger charge is 2.13. The van der Waals surface area contributed by atoms with Gasteiger partial charge in [-0.25, -0.2) is 5.01 Å². The van der Waals surface area contributed by atoms with E-state index in [1.807, 2.05) is 5.01 Å². The molecule has 1 aliphatic rings. The highest BCUT2D eigenvalue weighted by Crippen LogP contribution is 2.06. The lowest BCUT2D eigenvalue weighted by molar-refractivity contribution is 0.0799. The van der Waals surface area contributed by atoms with Crippen molar-refractivity contribution >= 4 is 5.91 Å². The number of hydrogen-bond acceptors (Lipinski definition) is 3. The lowest BCUT2D eigenvalue weighted by Crippen LogP contribution is -2.44. The van der Waals surface area contributed by atoms with Gasteiger partial charge in [-0.1, -0.05) is 11.6 Å². The second kappa shape index (κ2) is 4.90. The number of carbonyl (C=O) groups is 1. The van der Waals surface area contributed by atoms with Crippen LogP contribution >= 0.6 is 0 Å². The molecule has 1 aromatic rings. The minimum atomic E-state index is -0.0946. The average molecular weight is 217 g/mol. The van der Waals surface area contributed by atoms with Crippen LogP contribution in [0.2, 0.25) is 0 Å². The van der Waals surface area contributed by atoms with E-state index in [0.29, 0.717) is 5.56 Å². The summed E-state index contributed by atoms with van der Waals surface area (Å²) in [6.45, 7) is 3.73. The second-order valence-electron chi connectivity index (χ2n) is 3.94. The highest BCUT2D eigenvalue weighted by molar-refractivity contribution is 5.93. The Labute approximate surface area is 95.0 Å². The lowest BCUT2D eigenvalue weighted by Gasteiger charge is -2.26. The number of hydrazine groups is 1. The van der Waals surface area contributed by atoms with Gasteiger partial charge >= 0.3 is 0 Å². The summed E-state index contributed by atoms with van der Waals surface area (Å²) in [4.78, 5) is 15.7. The predicted molar refractivity (Wildman–Crippen MR) is 61.7 cm³/mol. The normalized spacial score (nSPS) is 16.7. The van der Waals surface area contributed by atoms with E-state index in [4.69, 9.17) is 0 Å². The lowest BCUT2D eigenvalue weighted by atomic mass is 10.2. The topological polar surface area (TPSA) is 45.2 Å². The van der Waals surface area contributed by atoms with Gasteiger partial charge in [0.1, 0.15) is 0 Å². The Balaban J connectivity index is 1.96. The van der Waals surface area contributed by atoms with E-state index in [0.717, 1.165) is 19.5 Å². The van der Waals surface area contributed by atoms with Gasteiger partial charge in [-0.2, -0.15) is 0 Å². The number of rotatable bonds is 2. The van der Waals surface area contributed by atoms with Gasteiger partial charge in [-0.3, -0.25) is 15.2 Å². The van der Waals surface area contributed by atoms with Crippen molar-refractivity contribution in [2.75, 3.05) is 13.1 Å². The Morgan fingerprint density at radius 3 is 3.12 bits per heavy atom. The number of carbonyl (C=O) groups excluding carboxylic acids is 1. The molecule has 0 fully saturated rings. The van der Waals surface area contributed by atoms with Crippen LogP contribution in [0.5, 0.6) is 0 Å². The average Bonchev–Trinajstić information content (AvgIpc) is 2.30. The molecule has 4 heteroatoms. The van der Waals surface area contributed by atoms with Gasteiger partial charge in [0.25, 0.3) is 5.91 Å². The molecular weight excluding hydrogens is 202 g/mol. The van der Waals surface area contributed by atoms with E-state index < -0.39 is 0 Å². The smallest absolute Gasteiger partial charge is 0.267 e. The fourth-order valence-electron chi connectivity index (χ4n) is 1.71. The summed E-state index contributed by atoms with van der Waals surface area (Å²) in [5.41, 5.74) is 4.76. The van der Waals surface area contributed by atoms with Crippen LogP contribution in [0.3, 0.4) is 0 Å². The number of nitrogens with zero attached hydrogens (tertiary/aromatic N) is 2. The number of pyridine rings is 1. The predicted octanol–water partition coefficient (Wildman–Crippen LogP) is 1.38. The number of amides is 1. The Morgan fingerprint density at radius 2 is 2.44 bits per heavy atom. The minimum Gasteiger partial charge on any atom is -0.284 e. The Morgan fingerprint density at radius 1 is 1.56 bits per heavy atom. The number of aromatic nitrogens is 1. The first-order valence-corrected chi connectivity index (χ1v) is 5.37. The van der Waals surface area contributed by atoms with Gasteiger partial charge in [0.15, 0.2) is 0 Å². The summed E-state index contributed by atoms with van der Waals surface area (Å²) in [6.07, 6.45) is 6.42. The van der Waals surface area contributed by atoms with E-state index in [-0.39, 0.29) is 5.91 Å². The zero-order valence-corrected chi connectivity index (χ0v) is 9.31. The molecule has 16 heavy (non-hydrogen) atoms. The molecule has 0 radical (unpaired) electrons. The van der Waals surface area contributed by atoms with Crippen LogP contribution in [0.15, 0.2) is 36.2 Å². The van der Waals surface area contributed by atoms with E-state index in [1.54, 1.807) is 24.5 Å². The third-order valence-electron chi connectivity index (χ3n) is 2.52. The standard InChI is InChI=1S/C12H15N3O/c1-10-4-3-7-15(9-10)14-12(16)11-5-2-6-13-8-11/h2,4-6,8H,3,7,9H2,1H3,(H,14,16). The fraction of sp³-hybridized carbons (Fsp3) is 0.333. The van der Waals surface area contributed by atoms with Gasteiger partial charge in [0.05, 0.1) is 5.56 Å². The van der Waals surface area contributed by atoms with Gasteiger partial charge in [-0.15, -0.1) is 0 Å². The van der Waals surface area contributed by atoms with Crippen LogP contribution < -0.4 is 5.43 Å². The first kappa shape index (κ1) is 10.8. The molecule has 2 rings (SSSR count). The minimum absolute atomic E-state index is 0.0946. The van der Waals surface area contributed by atoms with Crippen molar-refractivity contribution in [3.63, 3.8) is 0 Å². The van der Waals surface area contributed by atoms with E-state index >= 15 is 0 Å². The molecule has 0 aromatic carbocycles.